The standard InChI is InChI=1S/C22H31N5S2/c1-3-8-23-22(28)27-11-9-26(10-12-27)20-18-16-7-4-14(2)13-17(16)29-21(18)25-19(24-20)15-5-6-15/h14-15H,3-13H2,1-2H3,(H,23,28). The smallest absolute Gasteiger partial charge is 0.169 e. The van der Waals surface area contributed by atoms with Gasteiger partial charge in [-0.15, -0.1) is 11.3 Å². The molecule has 1 unspecified atom stereocenters. The third-order valence-electron chi connectivity index (χ3n) is 6.49. The van der Waals surface area contributed by atoms with Crippen molar-refractivity contribution in [3.8, 4) is 0 Å². The molecule has 0 radical (unpaired) electrons. The van der Waals surface area contributed by atoms with E-state index in [1.54, 1.807) is 10.4 Å². The molecule has 2 aliphatic carbocycles. The molecule has 0 bridgehead atoms. The molecule has 2 fully saturated rings. The average Bonchev–Trinajstić information content (AvgIpc) is 3.52. The largest absolute Gasteiger partial charge is 0.363 e. The molecular weight excluding hydrogens is 398 g/mol. The minimum absolute atomic E-state index is 0.586. The molecule has 3 heterocycles. The number of hydrogen-bond donors (Lipinski definition) is 1. The van der Waals surface area contributed by atoms with Gasteiger partial charge in [0.25, 0.3) is 0 Å². The molecule has 0 aromatic carbocycles. The van der Waals surface area contributed by atoms with E-state index in [-0.39, 0.29) is 0 Å². The third-order valence-corrected chi connectivity index (χ3v) is 8.04. The van der Waals surface area contributed by atoms with Gasteiger partial charge in [-0.25, -0.2) is 9.97 Å². The van der Waals surface area contributed by atoms with Crippen molar-refractivity contribution in [2.75, 3.05) is 37.6 Å². The minimum atomic E-state index is 0.586. The third kappa shape index (κ3) is 3.83. The average molecular weight is 430 g/mol. The SMILES string of the molecule is CCCNC(=S)N1CCN(c2nc(C3CC3)nc3sc4c(c23)CCC(C)C4)CC1. The Morgan fingerprint density at radius 1 is 1.17 bits per heavy atom. The van der Waals surface area contributed by atoms with E-state index in [0.717, 1.165) is 56.0 Å². The number of rotatable bonds is 4. The highest BCUT2D eigenvalue weighted by Crippen LogP contribution is 2.44. The number of nitrogens with one attached hydrogen (secondary N) is 1. The van der Waals surface area contributed by atoms with Crippen LogP contribution in [0.1, 0.15) is 61.7 Å². The fraction of sp³-hybridized carbons (Fsp3) is 0.682. The summed E-state index contributed by atoms with van der Waals surface area (Å²) in [5.74, 6) is 3.66. The summed E-state index contributed by atoms with van der Waals surface area (Å²) in [4.78, 5) is 17.8. The molecule has 156 valence electrons. The van der Waals surface area contributed by atoms with Crippen molar-refractivity contribution in [3.63, 3.8) is 0 Å². The van der Waals surface area contributed by atoms with Crippen molar-refractivity contribution in [3.05, 3.63) is 16.3 Å². The zero-order chi connectivity index (χ0) is 20.0. The molecule has 1 atom stereocenters. The monoisotopic (exact) mass is 429 g/mol. The van der Waals surface area contributed by atoms with Gasteiger partial charge in [0.2, 0.25) is 0 Å². The highest BCUT2D eigenvalue weighted by atomic mass is 32.1. The van der Waals surface area contributed by atoms with Gasteiger partial charge in [0.1, 0.15) is 16.5 Å². The maximum atomic E-state index is 5.58. The first-order chi connectivity index (χ1) is 14.1. The quantitative estimate of drug-likeness (QED) is 0.738. The minimum Gasteiger partial charge on any atom is -0.363 e. The molecule has 5 nitrogen and oxygen atoms in total. The van der Waals surface area contributed by atoms with E-state index in [4.69, 9.17) is 22.2 Å². The van der Waals surface area contributed by atoms with E-state index in [9.17, 15) is 0 Å². The Bertz CT molecular complexity index is 912. The molecule has 2 aromatic rings. The van der Waals surface area contributed by atoms with Crippen LogP contribution in [0, 0.1) is 5.92 Å². The summed E-state index contributed by atoms with van der Waals surface area (Å²) < 4.78 is 0. The number of anilines is 1. The maximum absolute atomic E-state index is 5.58. The first kappa shape index (κ1) is 19.5. The molecule has 1 saturated heterocycles. The van der Waals surface area contributed by atoms with Gasteiger partial charge in [-0.3, -0.25) is 0 Å². The molecule has 7 heteroatoms. The highest BCUT2D eigenvalue weighted by molar-refractivity contribution is 7.80. The maximum Gasteiger partial charge on any atom is 0.169 e. The van der Waals surface area contributed by atoms with Crippen molar-refractivity contribution in [2.24, 2.45) is 5.92 Å². The Kier molecular flexibility index (Phi) is 5.37. The van der Waals surface area contributed by atoms with Gasteiger partial charge in [0.15, 0.2) is 5.11 Å². The van der Waals surface area contributed by atoms with Crippen LogP contribution in [0.5, 0.6) is 0 Å². The first-order valence-electron chi connectivity index (χ1n) is 11.2. The Labute approximate surface area is 182 Å². The van der Waals surface area contributed by atoms with Crippen LogP contribution in [-0.4, -0.2) is 52.7 Å². The van der Waals surface area contributed by atoms with E-state index >= 15 is 0 Å². The number of aryl methyl sites for hydroxylation is 1. The van der Waals surface area contributed by atoms with E-state index in [2.05, 4.69) is 29.0 Å². The topological polar surface area (TPSA) is 44.3 Å². The van der Waals surface area contributed by atoms with Crippen LogP contribution in [-0.2, 0) is 12.8 Å². The fourth-order valence-electron chi connectivity index (χ4n) is 4.56. The van der Waals surface area contributed by atoms with Crippen molar-refractivity contribution < 1.29 is 0 Å². The number of nitrogens with zero attached hydrogens (tertiary/aromatic N) is 4. The lowest BCUT2D eigenvalue weighted by Gasteiger charge is -2.37. The molecule has 2 aromatic heterocycles. The van der Waals surface area contributed by atoms with Crippen molar-refractivity contribution in [1.29, 1.82) is 0 Å². The molecule has 0 spiro atoms. The number of fused-ring (bicyclic) bond motifs is 3. The molecular formula is C22H31N5S2. The van der Waals surface area contributed by atoms with Gasteiger partial charge in [-0.1, -0.05) is 13.8 Å². The predicted octanol–water partition coefficient (Wildman–Crippen LogP) is 4.10. The summed E-state index contributed by atoms with van der Waals surface area (Å²) in [5.41, 5.74) is 1.54. The Hall–Kier alpha value is -1.47. The summed E-state index contributed by atoms with van der Waals surface area (Å²) in [7, 11) is 0. The van der Waals surface area contributed by atoms with Crippen molar-refractivity contribution in [2.45, 2.75) is 58.3 Å². The van der Waals surface area contributed by atoms with Crippen LogP contribution in [0.2, 0.25) is 0 Å². The van der Waals surface area contributed by atoms with E-state index < -0.39 is 0 Å². The summed E-state index contributed by atoms with van der Waals surface area (Å²) in [6.07, 6.45) is 7.27. The van der Waals surface area contributed by atoms with Gasteiger partial charge in [-0.05, 0) is 62.2 Å². The number of piperazine rings is 1. The Balaban J connectivity index is 1.44. The lowest BCUT2D eigenvalue weighted by molar-refractivity contribution is 0.379. The van der Waals surface area contributed by atoms with Gasteiger partial charge in [0, 0.05) is 43.5 Å². The lowest BCUT2D eigenvalue weighted by atomic mass is 9.89. The van der Waals surface area contributed by atoms with E-state index in [1.165, 1.54) is 48.1 Å². The van der Waals surface area contributed by atoms with Crippen LogP contribution < -0.4 is 10.2 Å². The summed E-state index contributed by atoms with van der Waals surface area (Å²) >= 11 is 7.52. The summed E-state index contributed by atoms with van der Waals surface area (Å²) in [5, 5.41) is 5.64. The number of aromatic nitrogens is 2. The van der Waals surface area contributed by atoms with Gasteiger partial charge in [0.05, 0.1) is 5.39 Å². The van der Waals surface area contributed by atoms with Gasteiger partial charge >= 0.3 is 0 Å². The highest BCUT2D eigenvalue weighted by Gasteiger charge is 2.32. The van der Waals surface area contributed by atoms with E-state index in [0.29, 0.717) is 5.92 Å². The molecule has 29 heavy (non-hydrogen) atoms. The summed E-state index contributed by atoms with van der Waals surface area (Å²) in [6.45, 7) is 9.39. The molecule has 1 saturated carbocycles. The molecule has 1 aliphatic heterocycles. The van der Waals surface area contributed by atoms with Crippen LogP contribution in [0.25, 0.3) is 10.2 Å². The van der Waals surface area contributed by atoms with Crippen LogP contribution in [0.4, 0.5) is 5.82 Å². The number of hydrogen-bond acceptors (Lipinski definition) is 5. The molecule has 1 N–H and O–H groups in total. The first-order valence-corrected chi connectivity index (χ1v) is 12.5. The predicted molar refractivity (Wildman–Crippen MR) is 125 cm³/mol. The number of thiocarbonyl (C=S) groups is 1. The number of thiophene rings is 1. The Morgan fingerprint density at radius 2 is 1.97 bits per heavy atom. The zero-order valence-electron chi connectivity index (χ0n) is 17.5. The second-order valence-electron chi connectivity index (χ2n) is 8.92. The second-order valence-corrected chi connectivity index (χ2v) is 10.4. The Morgan fingerprint density at radius 3 is 2.69 bits per heavy atom. The van der Waals surface area contributed by atoms with Crippen LogP contribution in [0.3, 0.4) is 0 Å². The van der Waals surface area contributed by atoms with Crippen LogP contribution in [0.15, 0.2) is 0 Å². The van der Waals surface area contributed by atoms with Crippen molar-refractivity contribution in [1.82, 2.24) is 20.2 Å². The van der Waals surface area contributed by atoms with Crippen LogP contribution >= 0.6 is 23.6 Å². The lowest BCUT2D eigenvalue weighted by Crippen LogP contribution is -2.52. The second kappa shape index (κ2) is 7.99. The summed E-state index contributed by atoms with van der Waals surface area (Å²) in [6, 6.07) is 0. The fourth-order valence-corrected chi connectivity index (χ4v) is 6.23. The molecule has 5 rings (SSSR count). The molecule has 0 amide bonds. The van der Waals surface area contributed by atoms with Gasteiger partial charge in [-0.2, -0.15) is 0 Å². The normalized spacial score (nSPS) is 22.1. The van der Waals surface area contributed by atoms with Crippen molar-refractivity contribution >= 4 is 44.7 Å². The molecule has 3 aliphatic rings. The van der Waals surface area contributed by atoms with Gasteiger partial charge < -0.3 is 15.1 Å². The van der Waals surface area contributed by atoms with E-state index in [1.807, 2.05) is 11.3 Å². The zero-order valence-corrected chi connectivity index (χ0v) is 19.2.